The van der Waals surface area contributed by atoms with Crippen LogP contribution in [0.3, 0.4) is 0 Å². The van der Waals surface area contributed by atoms with Gasteiger partial charge >= 0.3 is 0 Å². The molecule has 5 heteroatoms. The van der Waals surface area contributed by atoms with E-state index in [1.54, 1.807) is 6.20 Å². The number of aromatic nitrogens is 2. The summed E-state index contributed by atoms with van der Waals surface area (Å²) in [5, 5.41) is 0. The van der Waals surface area contributed by atoms with E-state index in [4.69, 9.17) is 9.47 Å². The van der Waals surface area contributed by atoms with E-state index in [-0.39, 0.29) is 5.79 Å². The maximum atomic E-state index is 5.78. The van der Waals surface area contributed by atoms with Crippen molar-refractivity contribution in [2.75, 3.05) is 26.3 Å². The number of rotatable bonds is 3. The van der Waals surface area contributed by atoms with E-state index in [1.165, 1.54) is 5.56 Å². The van der Waals surface area contributed by atoms with Gasteiger partial charge in [-0.1, -0.05) is 12.1 Å². The van der Waals surface area contributed by atoms with Crippen LogP contribution in [0.5, 0.6) is 0 Å². The molecule has 2 fully saturated rings. The van der Waals surface area contributed by atoms with Gasteiger partial charge in [0.25, 0.3) is 0 Å². The van der Waals surface area contributed by atoms with Crippen LogP contribution in [-0.4, -0.2) is 46.5 Å². The van der Waals surface area contributed by atoms with E-state index in [2.05, 4.69) is 34.1 Å². The number of likely N-dealkylation sites (tertiary alicyclic amines) is 1. The summed E-state index contributed by atoms with van der Waals surface area (Å²) < 4.78 is 13.6. The Bertz CT molecular complexity index is 593. The summed E-state index contributed by atoms with van der Waals surface area (Å²) in [7, 11) is 0. The van der Waals surface area contributed by atoms with Gasteiger partial charge in [-0.25, -0.2) is 4.98 Å². The summed E-state index contributed by atoms with van der Waals surface area (Å²) in [4.78, 5) is 6.56. The van der Waals surface area contributed by atoms with Gasteiger partial charge in [-0.05, 0) is 17.7 Å². The summed E-state index contributed by atoms with van der Waals surface area (Å²) in [6.45, 7) is 4.54. The Kier molecular flexibility index (Phi) is 3.70. The fraction of sp³-hybridized carbons (Fsp3) is 0.471. The molecule has 0 aliphatic carbocycles. The third-order valence-electron chi connectivity index (χ3n) is 4.58. The van der Waals surface area contributed by atoms with Crippen LogP contribution in [-0.2, 0) is 16.0 Å². The van der Waals surface area contributed by atoms with E-state index >= 15 is 0 Å². The largest absolute Gasteiger partial charge is 0.347 e. The smallest absolute Gasteiger partial charge is 0.170 e. The number of hydrogen-bond donors (Lipinski definition) is 0. The molecule has 0 atom stereocenters. The molecule has 2 aromatic rings. The van der Waals surface area contributed by atoms with Gasteiger partial charge in [-0.15, -0.1) is 0 Å². The molecule has 0 saturated carbocycles. The summed E-state index contributed by atoms with van der Waals surface area (Å²) in [5.41, 5.74) is 2.49. The summed E-state index contributed by atoms with van der Waals surface area (Å²) in [6, 6.07) is 8.68. The van der Waals surface area contributed by atoms with Crippen LogP contribution in [0.25, 0.3) is 5.69 Å². The van der Waals surface area contributed by atoms with E-state index < -0.39 is 0 Å². The fourth-order valence-electron chi connectivity index (χ4n) is 3.28. The number of imidazole rings is 1. The second kappa shape index (κ2) is 5.83. The third kappa shape index (κ3) is 2.79. The van der Waals surface area contributed by atoms with Crippen LogP contribution in [0.2, 0.25) is 0 Å². The van der Waals surface area contributed by atoms with Crippen LogP contribution in [0.1, 0.15) is 18.4 Å². The minimum Gasteiger partial charge on any atom is -0.347 e. The van der Waals surface area contributed by atoms with Crippen molar-refractivity contribution in [1.82, 2.24) is 14.5 Å². The van der Waals surface area contributed by atoms with Crippen LogP contribution >= 0.6 is 0 Å². The minimum atomic E-state index is -0.276. The maximum absolute atomic E-state index is 5.78. The molecule has 22 heavy (non-hydrogen) atoms. The summed E-state index contributed by atoms with van der Waals surface area (Å²) in [5.74, 6) is -0.276. The van der Waals surface area contributed by atoms with Gasteiger partial charge in [0.15, 0.2) is 5.79 Å². The van der Waals surface area contributed by atoms with Crippen molar-refractivity contribution in [2.45, 2.75) is 25.2 Å². The lowest BCUT2D eigenvalue weighted by molar-refractivity contribution is -0.185. The Morgan fingerprint density at radius 2 is 1.77 bits per heavy atom. The highest BCUT2D eigenvalue weighted by Crippen LogP contribution is 2.31. The molecule has 116 valence electrons. The predicted octanol–water partition coefficient (Wildman–Crippen LogP) is 2.21. The van der Waals surface area contributed by atoms with Crippen molar-refractivity contribution in [1.29, 1.82) is 0 Å². The number of piperidine rings is 1. The van der Waals surface area contributed by atoms with E-state index in [0.717, 1.165) is 51.4 Å². The molecular formula is C17H21N3O2. The van der Waals surface area contributed by atoms with E-state index in [9.17, 15) is 0 Å². The minimum absolute atomic E-state index is 0.276. The molecule has 0 unspecified atom stereocenters. The standard InChI is InChI=1S/C17H21N3O2/c1-3-16(20-10-7-18-14-20)4-2-15(1)13-19-8-5-17(6-9-19)21-11-12-22-17/h1-4,7,10,14H,5-6,8-9,11-13H2. The Labute approximate surface area is 130 Å². The van der Waals surface area contributed by atoms with Gasteiger partial charge < -0.3 is 14.0 Å². The Morgan fingerprint density at radius 3 is 2.41 bits per heavy atom. The first-order valence-electron chi connectivity index (χ1n) is 7.91. The molecule has 1 spiro atoms. The van der Waals surface area contributed by atoms with Crippen molar-refractivity contribution in [3.05, 3.63) is 48.5 Å². The molecule has 1 aromatic carbocycles. The summed E-state index contributed by atoms with van der Waals surface area (Å²) >= 11 is 0. The Balaban J connectivity index is 1.36. The molecule has 0 bridgehead atoms. The molecule has 2 aliphatic heterocycles. The quantitative estimate of drug-likeness (QED) is 0.871. The molecular weight excluding hydrogens is 278 g/mol. The molecule has 0 amide bonds. The number of nitrogens with zero attached hydrogens (tertiary/aromatic N) is 3. The lowest BCUT2D eigenvalue weighted by atomic mass is 10.0. The van der Waals surface area contributed by atoms with Crippen molar-refractivity contribution >= 4 is 0 Å². The fourth-order valence-corrected chi connectivity index (χ4v) is 3.28. The first kappa shape index (κ1) is 13.9. The van der Waals surface area contributed by atoms with E-state index in [0.29, 0.717) is 0 Å². The average molecular weight is 299 g/mol. The number of hydrogen-bond acceptors (Lipinski definition) is 4. The molecule has 1 aromatic heterocycles. The SMILES string of the molecule is c1cn(-c2ccc(CN3CCC4(CC3)OCCO4)cc2)cn1. The molecule has 5 nitrogen and oxygen atoms in total. The van der Waals surface area contributed by atoms with Crippen molar-refractivity contribution in [3.8, 4) is 5.69 Å². The second-order valence-corrected chi connectivity index (χ2v) is 6.02. The van der Waals surface area contributed by atoms with Crippen LogP contribution in [0.15, 0.2) is 43.0 Å². The van der Waals surface area contributed by atoms with Crippen LogP contribution in [0.4, 0.5) is 0 Å². The van der Waals surface area contributed by atoms with E-state index in [1.807, 2.05) is 17.1 Å². The Morgan fingerprint density at radius 1 is 1.05 bits per heavy atom. The molecule has 2 aliphatic rings. The van der Waals surface area contributed by atoms with Crippen LogP contribution in [0, 0.1) is 0 Å². The number of ether oxygens (including phenoxy) is 2. The average Bonchev–Trinajstić information content (AvgIpc) is 3.23. The second-order valence-electron chi connectivity index (χ2n) is 6.02. The Hall–Kier alpha value is -1.69. The topological polar surface area (TPSA) is 39.5 Å². The van der Waals surface area contributed by atoms with Gasteiger partial charge in [-0.3, -0.25) is 4.90 Å². The highest BCUT2D eigenvalue weighted by molar-refractivity contribution is 5.34. The zero-order valence-corrected chi connectivity index (χ0v) is 12.6. The predicted molar refractivity (Wildman–Crippen MR) is 82.7 cm³/mol. The highest BCUT2D eigenvalue weighted by Gasteiger charge is 2.39. The van der Waals surface area contributed by atoms with Crippen molar-refractivity contribution in [2.24, 2.45) is 0 Å². The van der Waals surface area contributed by atoms with Gasteiger partial charge in [0.05, 0.1) is 19.5 Å². The molecule has 2 saturated heterocycles. The van der Waals surface area contributed by atoms with Gasteiger partial charge in [0.1, 0.15) is 0 Å². The molecule has 0 N–H and O–H groups in total. The summed E-state index contributed by atoms with van der Waals surface area (Å²) in [6.07, 6.45) is 7.52. The zero-order valence-electron chi connectivity index (χ0n) is 12.6. The normalized spacial score (nSPS) is 21.5. The monoisotopic (exact) mass is 299 g/mol. The maximum Gasteiger partial charge on any atom is 0.170 e. The van der Waals surface area contributed by atoms with Gasteiger partial charge in [0.2, 0.25) is 0 Å². The van der Waals surface area contributed by atoms with Gasteiger partial charge in [0, 0.05) is 50.6 Å². The third-order valence-corrected chi connectivity index (χ3v) is 4.58. The van der Waals surface area contributed by atoms with Gasteiger partial charge in [-0.2, -0.15) is 0 Å². The zero-order chi connectivity index (χ0) is 14.8. The first-order valence-corrected chi connectivity index (χ1v) is 7.91. The lowest BCUT2D eigenvalue weighted by Crippen LogP contribution is -2.44. The van der Waals surface area contributed by atoms with Crippen molar-refractivity contribution in [3.63, 3.8) is 0 Å². The first-order chi connectivity index (χ1) is 10.8. The highest BCUT2D eigenvalue weighted by atomic mass is 16.7. The van der Waals surface area contributed by atoms with Crippen LogP contribution < -0.4 is 0 Å². The molecule has 3 heterocycles. The lowest BCUT2D eigenvalue weighted by Gasteiger charge is -2.37. The molecule has 0 radical (unpaired) electrons. The van der Waals surface area contributed by atoms with Crippen molar-refractivity contribution < 1.29 is 9.47 Å². The number of benzene rings is 1. The molecule has 4 rings (SSSR count).